The van der Waals surface area contributed by atoms with Gasteiger partial charge in [0.25, 0.3) is 0 Å². The zero-order chi connectivity index (χ0) is 12.0. The lowest BCUT2D eigenvalue weighted by Crippen LogP contribution is -2.04. The molecule has 0 aliphatic carbocycles. The molecule has 0 heterocycles. The summed E-state index contributed by atoms with van der Waals surface area (Å²) in [6.45, 7) is 1.74. The van der Waals surface area contributed by atoms with Crippen LogP contribution in [0.2, 0.25) is 0 Å². The maximum atomic E-state index is 10.6. The highest BCUT2D eigenvalue weighted by Gasteiger charge is 2.05. The number of carbonyl (C=O) groups is 1. The highest BCUT2D eigenvalue weighted by molar-refractivity contribution is 5.65. The molecule has 0 aromatic heterocycles. The summed E-state index contributed by atoms with van der Waals surface area (Å²) in [6, 6.07) is 5.54. The molecular weight excluding hydrogens is 208 g/mol. The second-order valence-electron chi connectivity index (χ2n) is 3.27. The normalized spacial score (nSPS) is 9.69. The zero-order valence-corrected chi connectivity index (χ0v) is 9.78. The van der Waals surface area contributed by atoms with Crippen molar-refractivity contribution in [2.75, 3.05) is 20.8 Å². The molecule has 0 bridgehead atoms. The lowest BCUT2D eigenvalue weighted by molar-refractivity contribution is -0.140. The van der Waals surface area contributed by atoms with Crippen LogP contribution in [-0.4, -0.2) is 26.8 Å². The number of carbonyl (C=O) groups excluding carboxylic acids is 1. The molecule has 0 fully saturated rings. The van der Waals surface area contributed by atoms with Crippen LogP contribution in [0.4, 0.5) is 0 Å². The van der Waals surface area contributed by atoms with E-state index in [4.69, 9.17) is 14.2 Å². The van der Waals surface area contributed by atoms with Crippen molar-refractivity contribution in [1.82, 2.24) is 0 Å². The van der Waals surface area contributed by atoms with E-state index in [1.165, 1.54) is 6.92 Å². The zero-order valence-electron chi connectivity index (χ0n) is 9.78. The third-order valence-corrected chi connectivity index (χ3v) is 2.16. The molecule has 0 atom stereocenters. The van der Waals surface area contributed by atoms with Crippen LogP contribution in [0.5, 0.6) is 11.5 Å². The molecule has 0 aliphatic heterocycles. The Morgan fingerprint density at radius 3 is 2.56 bits per heavy atom. The molecule has 0 spiro atoms. The lowest BCUT2D eigenvalue weighted by Gasteiger charge is -2.10. The van der Waals surface area contributed by atoms with Gasteiger partial charge in [0, 0.05) is 18.9 Å². The van der Waals surface area contributed by atoms with Crippen LogP contribution in [0.25, 0.3) is 0 Å². The third kappa shape index (κ3) is 3.46. The van der Waals surface area contributed by atoms with E-state index in [0.717, 1.165) is 17.1 Å². The Labute approximate surface area is 95.1 Å². The van der Waals surface area contributed by atoms with Gasteiger partial charge < -0.3 is 14.2 Å². The van der Waals surface area contributed by atoms with Crippen LogP contribution in [0.1, 0.15) is 12.5 Å². The average molecular weight is 224 g/mol. The second kappa shape index (κ2) is 6.00. The first-order valence-corrected chi connectivity index (χ1v) is 5.01. The summed E-state index contributed by atoms with van der Waals surface area (Å²) in [5.41, 5.74) is 0.961. The smallest absolute Gasteiger partial charge is 0.302 e. The fraction of sp³-hybridized carbons (Fsp3) is 0.417. The lowest BCUT2D eigenvalue weighted by atomic mass is 10.1. The van der Waals surface area contributed by atoms with Crippen LogP contribution < -0.4 is 9.47 Å². The fourth-order valence-corrected chi connectivity index (χ4v) is 1.38. The second-order valence-corrected chi connectivity index (χ2v) is 3.27. The van der Waals surface area contributed by atoms with Gasteiger partial charge in [-0.05, 0) is 18.2 Å². The van der Waals surface area contributed by atoms with Crippen molar-refractivity contribution in [1.29, 1.82) is 0 Å². The van der Waals surface area contributed by atoms with Gasteiger partial charge >= 0.3 is 5.97 Å². The third-order valence-electron chi connectivity index (χ3n) is 2.16. The first-order valence-electron chi connectivity index (χ1n) is 5.01. The maximum Gasteiger partial charge on any atom is 0.302 e. The van der Waals surface area contributed by atoms with Gasteiger partial charge in [-0.15, -0.1) is 0 Å². The number of hydrogen-bond acceptors (Lipinski definition) is 4. The topological polar surface area (TPSA) is 44.8 Å². The fourth-order valence-electron chi connectivity index (χ4n) is 1.38. The highest BCUT2D eigenvalue weighted by atomic mass is 16.5. The summed E-state index contributed by atoms with van der Waals surface area (Å²) in [6.07, 6.45) is 0.611. The number of rotatable bonds is 5. The highest BCUT2D eigenvalue weighted by Crippen LogP contribution is 2.24. The molecule has 1 rings (SSSR count). The quantitative estimate of drug-likeness (QED) is 0.715. The Balaban J connectivity index is 2.71. The number of ether oxygens (including phenoxy) is 3. The molecule has 88 valence electrons. The van der Waals surface area contributed by atoms with Gasteiger partial charge in [0.2, 0.25) is 0 Å². The van der Waals surface area contributed by atoms with Crippen molar-refractivity contribution in [2.24, 2.45) is 0 Å². The van der Waals surface area contributed by atoms with Gasteiger partial charge in [0.15, 0.2) is 0 Å². The van der Waals surface area contributed by atoms with Crippen molar-refractivity contribution in [3.8, 4) is 11.5 Å². The first-order chi connectivity index (χ1) is 7.67. The van der Waals surface area contributed by atoms with Crippen molar-refractivity contribution in [2.45, 2.75) is 13.3 Å². The standard InChI is InChI=1S/C12H16O4/c1-9(13)16-7-6-10-8-11(14-2)4-5-12(10)15-3/h4-5,8H,6-7H2,1-3H3. The van der Waals surface area contributed by atoms with E-state index in [-0.39, 0.29) is 5.97 Å². The molecule has 0 unspecified atom stereocenters. The molecule has 0 aliphatic rings. The summed E-state index contributed by atoms with van der Waals surface area (Å²) in [5, 5.41) is 0. The van der Waals surface area contributed by atoms with Crippen LogP contribution in [0, 0.1) is 0 Å². The van der Waals surface area contributed by atoms with Crippen LogP contribution in [-0.2, 0) is 16.0 Å². The van der Waals surface area contributed by atoms with E-state index < -0.39 is 0 Å². The van der Waals surface area contributed by atoms with Gasteiger partial charge in [-0.1, -0.05) is 0 Å². The van der Waals surface area contributed by atoms with E-state index in [2.05, 4.69) is 0 Å². The van der Waals surface area contributed by atoms with Crippen molar-refractivity contribution >= 4 is 5.97 Å². The minimum atomic E-state index is -0.276. The molecule has 0 radical (unpaired) electrons. The number of methoxy groups -OCH3 is 2. The average Bonchev–Trinajstić information content (AvgIpc) is 2.28. The molecule has 1 aromatic rings. The number of esters is 1. The van der Waals surface area contributed by atoms with Crippen LogP contribution in [0.15, 0.2) is 18.2 Å². The Morgan fingerprint density at radius 2 is 2.00 bits per heavy atom. The van der Waals surface area contributed by atoms with Crippen LogP contribution >= 0.6 is 0 Å². The Hall–Kier alpha value is -1.71. The summed E-state index contributed by atoms with van der Waals surface area (Å²) >= 11 is 0. The summed E-state index contributed by atoms with van der Waals surface area (Å²) in [7, 11) is 3.22. The first kappa shape index (κ1) is 12.4. The monoisotopic (exact) mass is 224 g/mol. The molecular formula is C12H16O4. The van der Waals surface area contributed by atoms with Crippen LogP contribution in [0.3, 0.4) is 0 Å². The van der Waals surface area contributed by atoms with Gasteiger partial charge in [-0.2, -0.15) is 0 Å². The summed E-state index contributed by atoms with van der Waals surface area (Å²) < 4.78 is 15.2. The SMILES string of the molecule is COc1ccc(OC)c(CCOC(C)=O)c1. The molecule has 0 amide bonds. The molecule has 0 saturated carbocycles. The van der Waals surface area contributed by atoms with Gasteiger partial charge in [-0.3, -0.25) is 4.79 Å². The van der Waals surface area contributed by atoms with Crippen molar-refractivity contribution < 1.29 is 19.0 Å². The molecule has 0 saturated heterocycles. The molecule has 4 heteroatoms. The van der Waals surface area contributed by atoms with Crippen molar-refractivity contribution in [3.63, 3.8) is 0 Å². The molecule has 1 aromatic carbocycles. The Morgan fingerprint density at radius 1 is 1.25 bits per heavy atom. The minimum absolute atomic E-state index is 0.276. The summed E-state index contributed by atoms with van der Waals surface area (Å²) in [5.74, 6) is 1.26. The predicted molar refractivity (Wildman–Crippen MR) is 59.9 cm³/mol. The number of benzene rings is 1. The van der Waals surface area contributed by atoms with E-state index in [9.17, 15) is 4.79 Å². The minimum Gasteiger partial charge on any atom is -0.497 e. The van der Waals surface area contributed by atoms with E-state index >= 15 is 0 Å². The van der Waals surface area contributed by atoms with E-state index in [1.54, 1.807) is 14.2 Å². The Kier molecular flexibility index (Phi) is 4.64. The van der Waals surface area contributed by atoms with Gasteiger partial charge in [-0.25, -0.2) is 0 Å². The van der Waals surface area contributed by atoms with E-state index in [1.807, 2.05) is 18.2 Å². The predicted octanol–water partition coefficient (Wildman–Crippen LogP) is 1.81. The number of hydrogen-bond donors (Lipinski definition) is 0. The maximum absolute atomic E-state index is 10.6. The van der Waals surface area contributed by atoms with Crippen molar-refractivity contribution in [3.05, 3.63) is 23.8 Å². The Bertz CT molecular complexity index is 360. The van der Waals surface area contributed by atoms with Gasteiger partial charge in [0.05, 0.1) is 20.8 Å². The molecule has 4 nitrogen and oxygen atoms in total. The largest absolute Gasteiger partial charge is 0.497 e. The van der Waals surface area contributed by atoms with Gasteiger partial charge in [0.1, 0.15) is 11.5 Å². The molecule has 0 N–H and O–H groups in total. The molecule has 16 heavy (non-hydrogen) atoms. The van der Waals surface area contributed by atoms with E-state index in [0.29, 0.717) is 13.0 Å². The summed E-state index contributed by atoms with van der Waals surface area (Å²) in [4.78, 5) is 10.6.